The van der Waals surface area contributed by atoms with Crippen molar-refractivity contribution >= 4 is 39.8 Å². The number of carbonyl (C=O) groups is 1. The smallest absolute Gasteiger partial charge is 0.256 e. The molecule has 3 N–H and O–H groups in total. The third-order valence-electron chi connectivity index (χ3n) is 5.18. The summed E-state index contributed by atoms with van der Waals surface area (Å²) in [6.45, 7) is 4.42. The highest BCUT2D eigenvalue weighted by molar-refractivity contribution is 6.30. The molecule has 0 aliphatic heterocycles. The number of nitrogen functional groups attached to an aromatic ring is 1. The summed E-state index contributed by atoms with van der Waals surface area (Å²) in [5.74, 6) is 0.751. The Balaban J connectivity index is 1.53. The molecule has 0 aliphatic carbocycles. The van der Waals surface area contributed by atoms with E-state index in [2.05, 4.69) is 24.1 Å². The number of pyridine rings is 1. The number of nitrogens with two attached hydrogens (primary N) is 1. The number of benzene rings is 3. The second-order valence-electron chi connectivity index (χ2n) is 7.88. The number of carbonyl (C=O) groups excluding carboxylic acids is 1. The predicted molar refractivity (Wildman–Crippen MR) is 130 cm³/mol. The molecule has 0 fully saturated rings. The Morgan fingerprint density at radius 3 is 2.56 bits per heavy atom. The number of hydrogen-bond acceptors (Lipinski definition) is 4. The number of aromatic nitrogens is 1. The number of rotatable bonds is 6. The van der Waals surface area contributed by atoms with E-state index in [1.807, 2.05) is 42.5 Å². The number of nitrogens with zero attached hydrogens (tertiary/aromatic N) is 1. The van der Waals surface area contributed by atoms with Gasteiger partial charge in [0.15, 0.2) is 0 Å². The van der Waals surface area contributed by atoms with Crippen molar-refractivity contribution < 1.29 is 9.53 Å². The van der Waals surface area contributed by atoms with Gasteiger partial charge in [-0.15, -0.1) is 0 Å². The molecule has 0 unspecified atom stereocenters. The van der Waals surface area contributed by atoms with Crippen LogP contribution in [0.5, 0.6) is 5.75 Å². The fourth-order valence-electron chi connectivity index (χ4n) is 3.40. The van der Waals surface area contributed by atoms with Crippen molar-refractivity contribution in [2.75, 3.05) is 11.1 Å². The summed E-state index contributed by atoms with van der Waals surface area (Å²) in [7, 11) is 0. The fourth-order valence-corrected chi connectivity index (χ4v) is 3.53. The minimum Gasteiger partial charge on any atom is -0.489 e. The van der Waals surface area contributed by atoms with Crippen molar-refractivity contribution in [1.82, 2.24) is 4.98 Å². The predicted octanol–water partition coefficient (Wildman–Crippen LogP) is 6.43. The number of hydrogen-bond donors (Lipinski definition) is 2. The van der Waals surface area contributed by atoms with Crippen LogP contribution in [0.4, 0.5) is 11.4 Å². The quantitative estimate of drug-likeness (QED) is 0.358. The molecule has 0 atom stereocenters. The summed E-state index contributed by atoms with van der Waals surface area (Å²) in [5.41, 5.74) is 10.6. The molecule has 162 valence electrons. The van der Waals surface area contributed by atoms with E-state index < -0.39 is 0 Å². The van der Waals surface area contributed by atoms with E-state index in [4.69, 9.17) is 22.1 Å². The van der Waals surface area contributed by atoms with Gasteiger partial charge in [0.05, 0.1) is 5.52 Å². The molecule has 0 saturated heterocycles. The zero-order valence-corrected chi connectivity index (χ0v) is 18.7. The van der Waals surface area contributed by atoms with Gasteiger partial charge in [-0.1, -0.05) is 43.6 Å². The summed E-state index contributed by atoms with van der Waals surface area (Å²) in [6, 6.07) is 21.9. The van der Waals surface area contributed by atoms with Crippen LogP contribution in [0, 0.1) is 0 Å². The summed E-state index contributed by atoms with van der Waals surface area (Å²) in [6.07, 6.45) is 0. The summed E-state index contributed by atoms with van der Waals surface area (Å²) in [4.78, 5) is 17.7. The zero-order valence-electron chi connectivity index (χ0n) is 17.9. The maximum atomic E-state index is 13.0. The van der Waals surface area contributed by atoms with Crippen LogP contribution in [-0.2, 0) is 6.61 Å². The Kier molecular flexibility index (Phi) is 6.28. The minimum absolute atomic E-state index is 0.218. The minimum atomic E-state index is -0.218. The molecule has 0 aliphatic rings. The summed E-state index contributed by atoms with van der Waals surface area (Å²) >= 11 is 5.92. The molecule has 4 rings (SSSR count). The Morgan fingerprint density at radius 1 is 1.06 bits per heavy atom. The van der Waals surface area contributed by atoms with Crippen molar-refractivity contribution in [3.05, 3.63) is 94.6 Å². The lowest BCUT2D eigenvalue weighted by molar-refractivity contribution is 0.102. The monoisotopic (exact) mass is 445 g/mol. The topological polar surface area (TPSA) is 77.2 Å². The van der Waals surface area contributed by atoms with E-state index in [9.17, 15) is 4.79 Å². The van der Waals surface area contributed by atoms with Gasteiger partial charge in [0.1, 0.15) is 12.4 Å². The van der Waals surface area contributed by atoms with Crippen LogP contribution >= 0.6 is 11.6 Å². The lowest BCUT2D eigenvalue weighted by Gasteiger charge is -2.13. The number of halogens is 1. The molecular formula is C26H24ClN3O2. The standard InChI is InChI=1S/C26H24ClN3O2/c1-16(2)25-14-23(28)22-13-19(9-12-24(22)30-25)29-26(31)21-6-4-3-5-17(21)15-32-20-10-7-18(27)8-11-20/h3-14,16H,15H2,1-2H3,(H2,28,30)(H,29,31). The Labute approximate surface area is 192 Å². The van der Waals surface area contributed by atoms with Gasteiger partial charge in [-0.25, -0.2) is 0 Å². The first-order chi connectivity index (χ1) is 15.4. The van der Waals surface area contributed by atoms with Gasteiger partial charge in [-0.3, -0.25) is 9.78 Å². The lowest BCUT2D eigenvalue weighted by atomic mass is 10.1. The summed E-state index contributed by atoms with van der Waals surface area (Å²) < 4.78 is 5.83. The van der Waals surface area contributed by atoms with Gasteiger partial charge >= 0.3 is 0 Å². The van der Waals surface area contributed by atoms with E-state index in [1.54, 1.807) is 30.3 Å². The van der Waals surface area contributed by atoms with Crippen LogP contribution in [-0.4, -0.2) is 10.9 Å². The van der Waals surface area contributed by atoms with Crippen molar-refractivity contribution in [2.24, 2.45) is 0 Å². The molecule has 3 aromatic carbocycles. The molecule has 1 amide bonds. The highest BCUT2D eigenvalue weighted by atomic mass is 35.5. The van der Waals surface area contributed by atoms with E-state index in [-0.39, 0.29) is 18.4 Å². The van der Waals surface area contributed by atoms with Crippen LogP contribution in [0.25, 0.3) is 10.9 Å². The third-order valence-corrected chi connectivity index (χ3v) is 5.43. The Morgan fingerprint density at radius 2 is 1.81 bits per heavy atom. The van der Waals surface area contributed by atoms with Crippen LogP contribution in [0.15, 0.2) is 72.8 Å². The molecule has 0 radical (unpaired) electrons. The normalized spacial score (nSPS) is 11.0. The van der Waals surface area contributed by atoms with Gasteiger partial charge in [-0.05, 0) is 60.5 Å². The molecule has 0 saturated carbocycles. The highest BCUT2D eigenvalue weighted by Crippen LogP contribution is 2.27. The van der Waals surface area contributed by atoms with E-state index in [0.29, 0.717) is 27.7 Å². The van der Waals surface area contributed by atoms with Crippen LogP contribution in [0.1, 0.15) is 41.4 Å². The van der Waals surface area contributed by atoms with Crippen LogP contribution < -0.4 is 15.8 Å². The Hall–Kier alpha value is -3.57. The first-order valence-electron chi connectivity index (χ1n) is 10.4. The van der Waals surface area contributed by atoms with Gasteiger partial charge in [0.25, 0.3) is 5.91 Å². The first-order valence-corrected chi connectivity index (χ1v) is 10.8. The van der Waals surface area contributed by atoms with Gasteiger partial charge in [-0.2, -0.15) is 0 Å². The number of fused-ring (bicyclic) bond motifs is 1. The van der Waals surface area contributed by atoms with Gasteiger partial charge < -0.3 is 15.8 Å². The fraction of sp³-hybridized carbons (Fsp3) is 0.154. The first kappa shape index (κ1) is 21.7. The van der Waals surface area contributed by atoms with Gasteiger partial charge in [0.2, 0.25) is 0 Å². The van der Waals surface area contributed by atoms with Crippen LogP contribution in [0.3, 0.4) is 0 Å². The molecule has 6 heteroatoms. The largest absolute Gasteiger partial charge is 0.489 e. The molecule has 1 aromatic heterocycles. The lowest BCUT2D eigenvalue weighted by Crippen LogP contribution is -2.15. The highest BCUT2D eigenvalue weighted by Gasteiger charge is 2.13. The second-order valence-corrected chi connectivity index (χ2v) is 8.31. The van der Waals surface area contributed by atoms with Crippen LogP contribution in [0.2, 0.25) is 5.02 Å². The van der Waals surface area contributed by atoms with E-state index in [0.717, 1.165) is 22.2 Å². The van der Waals surface area contributed by atoms with Crippen molar-refractivity contribution in [2.45, 2.75) is 26.4 Å². The van der Waals surface area contributed by atoms with Gasteiger partial charge in [0, 0.05) is 38.6 Å². The number of ether oxygens (including phenoxy) is 1. The molecule has 1 heterocycles. The number of amides is 1. The molecule has 0 spiro atoms. The maximum Gasteiger partial charge on any atom is 0.256 e. The van der Waals surface area contributed by atoms with Crippen molar-refractivity contribution in [1.29, 1.82) is 0 Å². The summed E-state index contributed by atoms with van der Waals surface area (Å²) in [5, 5.41) is 4.42. The number of anilines is 2. The average Bonchev–Trinajstić information content (AvgIpc) is 2.79. The number of nitrogens with one attached hydrogen (secondary N) is 1. The molecule has 0 bridgehead atoms. The van der Waals surface area contributed by atoms with Crippen molar-refractivity contribution in [3.63, 3.8) is 0 Å². The average molecular weight is 446 g/mol. The van der Waals surface area contributed by atoms with E-state index in [1.165, 1.54) is 0 Å². The second kappa shape index (κ2) is 9.28. The SMILES string of the molecule is CC(C)c1cc(N)c2cc(NC(=O)c3ccccc3COc3ccc(Cl)cc3)ccc2n1. The Bertz CT molecular complexity index is 1270. The van der Waals surface area contributed by atoms with Crippen molar-refractivity contribution in [3.8, 4) is 5.75 Å². The molecule has 4 aromatic rings. The maximum absolute atomic E-state index is 13.0. The molecule has 32 heavy (non-hydrogen) atoms. The zero-order chi connectivity index (χ0) is 22.7. The third kappa shape index (κ3) is 4.84. The molecule has 5 nitrogen and oxygen atoms in total. The molecular weight excluding hydrogens is 422 g/mol. The van der Waals surface area contributed by atoms with E-state index >= 15 is 0 Å².